The lowest BCUT2D eigenvalue weighted by Gasteiger charge is -2.37. The molecule has 0 aliphatic carbocycles. The van der Waals surface area contributed by atoms with Crippen LogP contribution in [0.4, 0.5) is 11.6 Å². The SMILES string of the molecule is CCc1ccc(NC(=O)c2cnc(N3CCC4(CC3)OCCO4)nc2)cc1. The van der Waals surface area contributed by atoms with Gasteiger partial charge in [0.1, 0.15) is 0 Å². The van der Waals surface area contributed by atoms with Gasteiger partial charge in [-0.1, -0.05) is 19.1 Å². The summed E-state index contributed by atoms with van der Waals surface area (Å²) in [5.74, 6) is 0.00626. The average Bonchev–Trinajstić information content (AvgIpc) is 3.17. The molecule has 3 heterocycles. The maximum atomic E-state index is 12.4. The first-order valence-corrected chi connectivity index (χ1v) is 9.43. The lowest BCUT2D eigenvalue weighted by atomic mass is 10.0. The Balaban J connectivity index is 1.36. The van der Waals surface area contributed by atoms with E-state index in [1.807, 2.05) is 24.3 Å². The Labute approximate surface area is 158 Å². The summed E-state index contributed by atoms with van der Waals surface area (Å²) in [4.78, 5) is 23.2. The maximum Gasteiger partial charge on any atom is 0.258 e. The van der Waals surface area contributed by atoms with Gasteiger partial charge in [-0.2, -0.15) is 0 Å². The summed E-state index contributed by atoms with van der Waals surface area (Å²) < 4.78 is 11.5. The van der Waals surface area contributed by atoms with E-state index >= 15 is 0 Å². The first-order chi connectivity index (χ1) is 13.2. The molecule has 1 amide bonds. The second-order valence-electron chi connectivity index (χ2n) is 6.87. The van der Waals surface area contributed by atoms with Gasteiger partial charge in [0.25, 0.3) is 5.91 Å². The minimum absolute atomic E-state index is 0.212. The predicted molar refractivity (Wildman–Crippen MR) is 102 cm³/mol. The molecule has 0 saturated carbocycles. The molecule has 2 aromatic rings. The molecule has 2 aliphatic rings. The van der Waals surface area contributed by atoms with E-state index in [0.717, 1.165) is 38.0 Å². The summed E-state index contributed by atoms with van der Waals surface area (Å²) in [7, 11) is 0. The van der Waals surface area contributed by atoms with E-state index in [1.54, 1.807) is 12.4 Å². The quantitative estimate of drug-likeness (QED) is 0.894. The summed E-state index contributed by atoms with van der Waals surface area (Å²) in [5.41, 5.74) is 2.44. The van der Waals surface area contributed by atoms with Crippen LogP contribution in [0.2, 0.25) is 0 Å². The fourth-order valence-electron chi connectivity index (χ4n) is 3.46. The molecule has 1 aromatic heterocycles. The van der Waals surface area contributed by atoms with Gasteiger partial charge in [0, 0.05) is 44.0 Å². The number of anilines is 2. The van der Waals surface area contributed by atoms with Crippen LogP contribution in [0.1, 0.15) is 35.7 Å². The second kappa shape index (κ2) is 7.62. The molecule has 7 heteroatoms. The van der Waals surface area contributed by atoms with Crippen molar-refractivity contribution in [2.24, 2.45) is 0 Å². The van der Waals surface area contributed by atoms with Crippen LogP contribution in [-0.4, -0.2) is 48.0 Å². The highest BCUT2D eigenvalue weighted by Crippen LogP contribution is 2.32. The summed E-state index contributed by atoms with van der Waals surface area (Å²) >= 11 is 0. The van der Waals surface area contributed by atoms with Gasteiger partial charge < -0.3 is 19.7 Å². The van der Waals surface area contributed by atoms with E-state index < -0.39 is 5.79 Å². The molecule has 4 rings (SSSR count). The van der Waals surface area contributed by atoms with E-state index in [1.165, 1.54) is 5.56 Å². The zero-order chi connectivity index (χ0) is 18.7. The van der Waals surface area contributed by atoms with Crippen molar-refractivity contribution in [3.8, 4) is 0 Å². The maximum absolute atomic E-state index is 12.4. The van der Waals surface area contributed by atoms with Crippen molar-refractivity contribution in [3.63, 3.8) is 0 Å². The van der Waals surface area contributed by atoms with Gasteiger partial charge in [-0.05, 0) is 24.1 Å². The van der Waals surface area contributed by atoms with Crippen LogP contribution < -0.4 is 10.2 Å². The van der Waals surface area contributed by atoms with Crippen molar-refractivity contribution in [2.75, 3.05) is 36.5 Å². The van der Waals surface area contributed by atoms with Gasteiger partial charge in [-0.25, -0.2) is 9.97 Å². The molecule has 1 N–H and O–H groups in total. The van der Waals surface area contributed by atoms with E-state index in [9.17, 15) is 4.79 Å². The number of amides is 1. The number of aryl methyl sites for hydroxylation is 1. The Morgan fingerprint density at radius 1 is 1.11 bits per heavy atom. The van der Waals surface area contributed by atoms with Gasteiger partial charge in [0.05, 0.1) is 18.8 Å². The number of carbonyl (C=O) groups excluding carboxylic acids is 1. The zero-order valence-electron chi connectivity index (χ0n) is 15.5. The van der Waals surface area contributed by atoms with Crippen molar-refractivity contribution in [3.05, 3.63) is 47.8 Å². The number of nitrogens with zero attached hydrogens (tertiary/aromatic N) is 3. The fourth-order valence-corrected chi connectivity index (χ4v) is 3.46. The number of benzene rings is 1. The smallest absolute Gasteiger partial charge is 0.258 e. The monoisotopic (exact) mass is 368 g/mol. The number of nitrogens with one attached hydrogen (secondary N) is 1. The molecule has 0 radical (unpaired) electrons. The third-order valence-corrected chi connectivity index (χ3v) is 5.14. The Hall–Kier alpha value is -2.51. The Morgan fingerprint density at radius 3 is 2.33 bits per heavy atom. The van der Waals surface area contributed by atoms with E-state index in [4.69, 9.17) is 9.47 Å². The molecule has 2 saturated heterocycles. The number of aromatic nitrogens is 2. The Bertz CT molecular complexity index is 776. The normalized spacial score (nSPS) is 18.6. The number of piperidine rings is 1. The molecule has 2 aliphatic heterocycles. The molecule has 1 aromatic carbocycles. The standard InChI is InChI=1S/C20H24N4O3/c1-2-15-3-5-17(6-4-15)23-18(25)16-13-21-19(22-14-16)24-9-7-20(8-10-24)26-11-12-27-20/h3-6,13-14H,2,7-12H2,1H3,(H,23,25). The van der Waals surface area contributed by atoms with Crippen LogP contribution in [-0.2, 0) is 15.9 Å². The fraction of sp³-hybridized carbons (Fsp3) is 0.450. The lowest BCUT2D eigenvalue weighted by Crippen LogP contribution is -2.45. The van der Waals surface area contributed by atoms with Crippen LogP contribution in [0.15, 0.2) is 36.7 Å². The van der Waals surface area contributed by atoms with Crippen LogP contribution in [0.5, 0.6) is 0 Å². The molecular weight excluding hydrogens is 344 g/mol. The van der Waals surface area contributed by atoms with Gasteiger partial charge >= 0.3 is 0 Å². The average molecular weight is 368 g/mol. The highest BCUT2D eigenvalue weighted by molar-refractivity contribution is 6.03. The van der Waals surface area contributed by atoms with Crippen molar-refractivity contribution >= 4 is 17.5 Å². The van der Waals surface area contributed by atoms with Gasteiger partial charge in [-0.3, -0.25) is 4.79 Å². The number of hydrogen-bond acceptors (Lipinski definition) is 6. The van der Waals surface area contributed by atoms with Gasteiger partial charge in [-0.15, -0.1) is 0 Å². The van der Waals surface area contributed by atoms with Crippen LogP contribution in [0.25, 0.3) is 0 Å². The highest BCUT2D eigenvalue weighted by atomic mass is 16.7. The molecule has 142 valence electrons. The zero-order valence-corrected chi connectivity index (χ0v) is 15.5. The Morgan fingerprint density at radius 2 is 1.74 bits per heavy atom. The highest BCUT2D eigenvalue weighted by Gasteiger charge is 2.40. The summed E-state index contributed by atoms with van der Waals surface area (Å²) in [5, 5.41) is 2.88. The first-order valence-electron chi connectivity index (χ1n) is 9.43. The van der Waals surface area contributed by atoms with Crippen molar-refractivity contribution in [1.29, 1.82) is 0 Å². The first kappa shape index (κ1) is 17.9. The van der Waals surface area contributed by atoms with Crippen LogP contribution >= 0.6 is 0 Å². The predicted octanol–water partition coefficient (Wildman–Crippen LogP) is 2.63. The van der Waals surface area contributed by atoms with Crippen LogP contribution in [0.3, 0.4) is 0 Å². The van der Waals surface area contributed by atoms with Crippen LogP contribution in [0, 0.1) is 0 Å². The minimum Gasteiger partial charge on any atom is -0.347 e. The van der Waals surface area contributed by atoms with E-state index in [-0.39, 0.29) is 5.91 Å². The van der Waals surface area contributed by atoms with Crippen molar-refractivity contribution in [2.45, 2.75) is 32.0 Å². The van der Waals surface area contributed by atoms with Crippen molar-refractivity contribution in [1.82, 2.24) is 9.97 Å². The lowest BCUT2D eigenvalue weighted by molar-refractivity contribution is -0.169. The van der Waals surface area contributed by atoms with Crippen molar-refractivity contribution < 1.29 is 14.3 Å². The molecule has 1 spiro atoms. The molecule has 27 heavy (non-hydrogen) atoms. The van der Waals surface area contributed by atoms with E-state index in [2.05, 4.69) is 27.1 Å². The molecular formula is C20H24N4O3. The van der Waals surface area contributed by atoms with E-state index in [0.29, 0.717) is 24.7 Å². The number of carbonyl (C=O) groups is 1. The molecule has 7 nitrogen and oxygen atoms in total. The topological polar surface area (TPSA) is 76.6 Å². The number of hydrogen-bond donors (Lipinski definition) is 1. The molecule has 0 bridgehead atoms. The molecule has 0 unspecified atom stereocenters. The second-order valence-corrected chi connectivity index (χ2v) is 6.87. The van der Waals surface area contributed by atoms with Gasteiger partial charge in [0.15, 0.2) is 5.79 Å². The van der Waals surface area contributed by atoms with Gasteiger partial charge in [0.2, 0.25) is 5.95 Å². The summed E-state index contributed by atoms with van der Waals surface area (Å²) in [6, 6.07) is 7.83. The summed E-state index contributed by atoms with van der Waals surface area (Å²) in [6.07, 6.45) is 5.72. The number of rotatable bonds is 4. The largest absolute Gasteiger partial charge is 0.347 e. The third-order valence-electron chi connectivity index (χ3n) is 5.14. The molecule has 2 fully saturated rings. The number of ether oxygens (including phenoxy) is 2. The molecule has 0 atom stereocenters. The third kappa shape index (κ3) is 3.94. The summed E-state index contributed by atoms with van der Waals surface area (Å²) in [6.45, 7) is 4.98. The Kier molecular flexibility index (Phi) is 5.05. The minimum atomic E-state index is -0.413.